The second-order valence-corrected chi connectivity index (χ2v) is 9.84. The number of hydrogen-bond acceptors (Lipinski definition) is 4. The summed E-state index contributed by atoms with van der Waals surface area (Å²) in [5.41, 5.74) is 0.144. The van der Waals surface area contributed by atoms with Gasteiger partial charge in [0.15, 0.2) is 5.78 Å². The van der Waals surface area contributed by atoms with Crippen molar-refractivity contribution in [3.05, 3.63) is 11.6 Å². The van der Waals surface area contributed by atoms with Gasteiger partial charge in [-0.15, -0.1) is 0 Å². The Kier molecular flexibility index (Phi) is 4.19. The molecule has 8 atom stereocenters. The Balaban J connectivity index is 1.74. The Morgan fingerprint density at radius 1 is 1.19 bits per heavy atom. The van der Waals surface area contributed by atoms with Gasteiger partial charge in [-0.2, -0.15) is 0 Å². The van der Waals surface area contributed by atoms with Crippen LogP contribution < -0.4 is 0 Å². The first kappa shape index (κ1) is 18.9. The van der Waals surface area contributed by atoms with E-state index in [0.29, 0.717) is 19.3 Å². The van der Waals surface area contributed by atoms with E-state index < -0.39 is 23.4 Å². The van der Waals surface area contributed by atoms with E-state index in [9.17, 15) is 24.6 Å². The van der Waals surface area contributed by atoms with Gasteiger partial charge in [0, 0.05) is 18.3 Å². The van der Waals surface area contributed by atoms with Crippen LogP contribution in [0.3, 0.4) is 0 Å². The molecule has 0 aromatic carbocycles. The zero-order valence-electron chi connectivity index (χ0n) is 16.4. The number of Topliss-reactive ketones (excluding diaryl/α,β-unsaturated/α-hetero) is 1. The summed E-state index contributed by atoms with van der Waals surface area (Å²) in [6, 6.07) is 0. The van der Waals surface area contributed by atoms with E-state index in [2.05, 4.69) is 6.92 Å². The number of rotatable bonds is 2. The molecule has 3 saturated carbocycles. The number of carboxylic acids is 1. The number of fused-ring (bicyclic) bond motifs is 5. The molecule has 0 aromatic heterocycles. The average molecular weight is 374 g/mol. The van der Waals surface area contributed by atoms with E-state index in [0.717, 1.165) is 24.8 Å². The maximum Gasteiger partial charge on any atom is 0.306 e. The molecule has 3 fully saturated rings. The van der Waals surface area contributed by atoms with Gasteiger partial charge in [0.2, 0.25) is 0 Å². The molecule has 0 radical (unpaired) electrons. The van der Waals surface area contributed by atoms with E-state index in [1.807, 2.05) is 6.92 Å². The van der Waals surface area contributed by atoms with Crippen LogP contribution in [0.2, 0.25) is 0 Å². The lowest BCUT2D eigenvalue weighted by atomic mass is 9.45. The lowest BCUT2D eigenvalue weighted by molar-refractivity contribution is -0.160. The molecular formula is C22H30O5. The van der Waals surface area contributed by atoms with Gasteiger partial charge in [-0.05, 0) is 60.8 Å². The fraction of sp³-hybridized carbons (Fsp3) is 0.773. The number of ketones is 2. The van der Waals surface area contributed by atoms with Crippen LogP contribution >= 0.6 is 0 Å². The van der Waals surface area contributed by atoms with Crippen LogP contribution in [0.1, 0.15) is 59.3 Å². The lowest BCUT2D eigenvalue weighted by Crippen LogP contribution is -2.59. The second kappa shape index (κ2) is 6.00. The third-order valence-electron chi connectivity index (χ3n) is 8.91. The molecule has 0 spiro atoms. The number of aliphatic carboxylic acids is 1. The van der Waals surface area contributed by atoms with Crippen molar-refractivity contribution in [2.24, 2.45) is 40.4 Å². The number of carbonyl (C=O) groups is 3. The minimum atomic E-state index is -0.844. The molecule has 5 heteroatoms. The highest BCUT2D eigenvalue weighted by atomic mass is 16.4. The summed E-state index contributed by atoms with van der Waals surface area (Å²) >= 11 is 0. The van der Waals surface area contributed by atoms with Gasteiger partial charge in [-0.1, -0.05) is 26.3 Å². The Labute approximate surface area is 160 Å². The monoisotopic (exact) mass is 374 g/mol. The highest BCUT2D eigenvalue weighted by Gasteiger charge is 2.65. The summed E-state index contributed by atoms with van der Waals surface area (Å²) < 4.78 is 0. The first-order valence-corrected chi connectivity index (χ1v) is 10.3. The minimum Gasteiger partial charge on any atom is -0.481 e. The number of aliphatic hydroxyl groups is 1. The van der Waals surface area contributed by atoms with Crippen molar-refractivity contribution in [2.75, 3.05) is 0 Å². The summed E-state index contributed by atoms with van der Waals surface area (Å²) in [6.07, 6.45) is 4.83. The summed E-state index contributed by atoms with van der Waals surface area (Å²) in [4.78, 5) is 37.0. The van der Waals surface area contributed by atoms with Crippen LogP contribution in [0.5, 0.6) is 0 Å². The van der Waals surface area contributed by atoms with E-state index >= 15 is 0 Å². The van der Waals surface area contributed by atoms with Gasteiger partial charge in [-0.25, -0.2) is 0 Å². The van der Waals surface area contributed by atoms with Crippen molar-refractivity contribution < 1.29 is 24.6 Å². The van der Waals surface area contributed by atoms with Gasteiger partial charge in [0.05, 0.1) is 12.0 Å². The van der Waals surface area contributed by atoms with Crippen molar-refractivity contribution in [1.82, 2.24) is 0 Å². The number of hydrogen-bond donors (Lipinski definition) is 2. The summed E-state index contributed by atoms with van der Waals surface area (Å²) in [5.74, 6) is -1.20. The Morgan fingerprint density at radius 3 is 2.56 bits per heavy atom. The summed E-state index contributed by atoms with van der Waals surface area (Å²) in [7, 11) is 0. The Morgan fingerprint density at radius 2 is 1.89 bits per heavy atom. The smallest absolute Gasteiger partial charge is 0.306 e. The molecule has 0 aromatic rings. The largest absolute Gasteiger partial charge is 0.481 e. The average Bonchev–Trinajstić information content (AvgIpc) is 2.95. The SMILES string of the molecule is C[C@H](C(=O)O)[C@H]1CC[C@H]2[C@@H]3[C@H](O)CC4=CC(=O)CC[C@]4(C)[C@H]3CC(=O)[C@]12C. The van der Waals surface area contributed by atoms with Gasteiger partial charge in [0.1, 0.15) is 5.78 Å². The molecule has 2 N–H and O–H groups in total. The van der Waals surface area contributed by atoms with E-state index in [-0.39, 0.29) is 40.7 Å². The van der Waals surface area contributed by atoms with Gasteiger partial charge < -0.3 is 10.2 Å². The molecule has 0 bridgehead atoms. The Bertz CT molecular complexity index is 739. The van der Waals surface area contributed by atoms with Gasteiger partial charge in [0.25, 0.3) is 0 Å². The van der Waals surface area contributed by atoms with Gasteiger partial charge >= 0.3 is 5.97 Å². The summed E-state index contributed by atoms with van der Waals surface area (Å²) in [6.45, 7) is 5.83. The highest BCUT2D eigenvalue weighted by molar-refractivity contribution is 5.92. The van der Waals surface area contributed by atoms with Crippen LogP contribution in [0.4, 0.5) is 0 Å². The predicted molar refractivity (Wildman–Crippen MR) is 98.8 cm³/mol. The number of aliphatic hydroxyl groups excluding tert-OH is 1. The van der Waals surface area contributed by atoms with Crippen LogP contribution in [0.15, 0.2) is 11.6 Å². The van der Waals surface area contributed by atoms with Crippen LogP contribution in [0, 0.1) is 40.4 Å². The zero-order chi connectivity index (χ0) is 19.7. The highest BCUT2D eigenvalue weighted by Crippen LogP contribution is 2.66. The molecule has 27 heavy (non-hydrogen) atoms. The molecule has 5 nitrogen and oxygen atoms in total. The van der Waals surface area contributed by atoms with Crippen molar-refractivity contribution in [2.45, 2.75) is 65.4 Å². The molecule has 0 heterocycles. The third kappa shape index (κ3) is 2.43. The first-order chi connectivity index (χ1) is 12.6. The van der Waals surface area contributed by atoms with Crippen molar-refractivity contribution in [3.63, 3.8) is 0 Å². The molecule has 4 rings (SSSR count). The fourth-order valence-corrected chi connectivity index (χ4v) is 7.26. The summed E-state index contributed by atoms with van der Waals surface area (Å²) in [5, 5.41) is 20.6. The molecule has 4 aliphatic rings. The standard InChI is InChI=1S/C22H30O5/c1-11(20(26)27)14-4-5-15-19-16(10-18(25)22(14,15)3)21(2)7-6-13(23)8-12(21)9-17(19)24/h8,11,14-17,19,24H,4-7,9-10H2,1-3H3,(H,26,27)/t11-,14+,15-,16-,17+,19-,21-,22+/m0/s1. The molecule has 4 aliphatic carbocycles. The third-order valence-corrected chi connectivity index (χ3v) is 8.91. The molecule has 148 valence electrons. The maximum absolute atomic E-state index is 13.4. The molecule has 0 saturated heterocycles. The van der Waals surface area contributed by atoms with E-state index in [1.54, 1.807) is 13.0 Å². The number of carbonyl (C=O) groups excluding carboxylic acids is 2. The van der Waals surface area contributed by atoms with E-state index in [1.165, 1.54) is 0 Å². The lowest BCUT2D eigenvalue weighted by Gasteiger charge is -2.58. The molecule has 0 aliphatic heterocycles. The maximum atomic E-state index is 13.4. The topological polar surface area (TPSA) is 91.7 Å². The van der Waals surface area contributed by atoms with Crippen molar-refractivity contribution in [1.29, 1.82) is 0 Å². The Hall–Kier alpha value is -1.49. The minimum absolute atomic E-state index is 0.00838. The van der Waals surface area contributed by atoms with Crippen LogP contribution in [0.25, 0.3) is 0 Å². The quantitative estimate of drug-likeness (QED) is 0.775. The van der Waals surface area contributed by atoms with Crippen LogP contribution in [-0.4, -0.2) is 33.9 Å². The van der Waals surface area contributed by atoms with E-state index in [4.69, 9.17) is 0 Å². The number of carboxylic acid groups (broad SMARTS) is 1. The first-order valence-electron chi connectivity index (χ1n) is 10.3. The predicted octanol–water partition coefficient (Wildman–Crippen LogP) is 3.01. The molecular weight excluding hydrogens is 344 g/mol. The zero-order valence-corrected chi connectivity index (χ0v) is 16.4. The molecule has 0 unspecified atom stereocenters. The fourth-order valence-electron chi connectivity index (χ4n) is 7.26. The van der Waals surface area contributed by atoms with Crippen molar-refractivity contribution in [3.8, 4) is 0 Å². The van der Waals surface area contributed by atoms with Crippen molar-refractivity contribution >= 4 is 17.5 Å². The normalized spacial score (nSPS) is 47.6. The van der Waals surface area contributed by atoms with Crippen LogP contribution in [-0.2, 0) is 14.4 Å². The molecule has 0 amide bonds. The second-order valence-electron chi connectivity index (χ2n) is 9.84. The van der Waals surface area contributed by atoms with Gasteiger partial charge in [-0.3, -0.25) is 14.4 Å².